The molecule has 4 aromatic carbocycles. The maximum atomic E-state index is 11.3. The summed E-state index contributed by atoms with van der Waals surface area (Å²) in [6.45, 7) is 0.456. The van der Waals surface area contributed by atoms with Crippen molar-refractivity contribution in [2.24, 2.45) is 7.05 Å². The summed E-state index contributed by atoms with van der Waals surface area (Å²) in [4.78, 5) is 3.28. The van der Waals surface area contributed by atoms with Crippen LogP contribution >= 0.6 is 23.1 Å². The summed E-state index contributed by atoms with van der Waals surface area (Å²) in [6, 6.07) is 25.2. The number of hydrogen-bond donors (Lipinski definition) is 0. The number of hydrogen-bond acceptors (Lipinski definition) is 6. The zero-order chi connectivity index (χ0) is 25.6. The molecule has 0 aliphatic carbocycles. The van der Waals surface area contributed by atoms with Crippen LogP contribution < -0.4 is 39.0 Å². The second-order valence-electron chi connectivity index (χ2n) is 9.00. The Morgan fingerprint density at radius 2 is 1.63 bits per heavy atom. The smallest absolute Gasteiger partial charge is 0.748 e. The number of rotatable bonds is 6. The monoisotopic (exact) mass is 567 g/mol. The van der Waals surface area contributed by atoms with Crippen LogP contribution in [0.2, 0.25) is 0 Å². The fourth-order valence-corrected chi connectivity index (χ4v) is 7.61. The van der Waals surface area contributed by atoms with E-state index in [1.54, 1.807) is 23.1 Å². The Labute approximate surface area is 252 Å². The van der Waals surface area contributed by atoms with Crippen LogP contribution in [0, 0.1) is 0 Å². The largest absolute Gasteiger partial charge is 1.00 e. The first-order valence-corrected chi connectivity index (χ1v) is 15.2. The summed E-state index contributed by atoms with van der Waals surface area (Å²) >= 11 is 3.42. The molecule has 0 fully saturated rings. The topological polar surface area (TPSA) is 64.3 Å². The van der Waals surface area contributed by atoms with Gasteiger partial charge in [0.15, 0.2) is 0 Å². The minimum absolute atomic E-state index is 0. The van der Waals surface area contributed by atoms with Crippen LogP contribution in [0.15, 0.2) is 94.9 Å². The predicted octanol–water partition coefficient (Wildman–Crippen LogP) is 3.44. The Balaban J connectivity index is 0.00000294. The summed E-state index contributed by atoms with van der Waals surface area (Å²) in [7, 11) is -2.16. The Hall–Kier alpha value is -2.17. The van der Waals surface area contributed by atoms with Crippen LogP contribution in [0.3, 0.4) is 0 Å². The number of thiazole rings is 1. The third-order valence-corrected chi connectivity index (χ3v) is 9.68. The van der Waals surface area contributed by atoms with Gasteiger partial charge in [0.2, 0.25) is 5.52 Å². The van der Waals surface area contributed by atoms with Crippen molar-refractivity contribution in [1.82, 2.24) is 0 Å². The van der Waals surface area contributed by atoms with Gasteiger partial charge in [-0.1, -0.05) is 83.8 Å². The first kappa shape index (κ1) is 27.4. The number of aromatic nitrogens is 1. The van der Waals surface area contributed by atoms with Gasteiger partial charge in [-0.05, 0) is 41.5 Å². The van der Waals surface area contributed by atoms with Crippen molar-refractivity contribution < 1.29 is 47.1 Å². The summed E-state index contributed by atoms with van der Waals surface area (Å²) in [5.74, 6) is -0.372. The normalized spacial score (nSPS) is 14.7. The molecule has 0 amide bonds. The Morgan fingerprint density at radius 3 is 2.39 bits per heavy atom. The van der Waals surface area contributed by atoms with Gasteiger partial charge in [0.1, 0.15) is 11.7 Å². The summed E-state index contributed by atoms with van der Waals surface area (Å²) in [5, 5.41) is 6.87. The Morgan fingerprint density at radius 1 is 0.947 bits per heavy atom. The predicted molar refractivity (Wildman–Crippen MR) is 154 cm³/mol. The fraction of sp³-hybridized carbons (Fsp3) is 0.138. The standard InChI is InChI=1S/C29H24N2O3S3.Na/c1-30-26(35-24-16-14-20-8-2-4-10-22(20)28(24)30)12-6-13-27-31(18-7-19-37(32,33)34)29-23-11-5-3-9-21(23)15-17-25(29)36-27;/h2-6,8-17H,7,18-19H2,1H3;/q;+1. The number of allylic oxidation sites excluding steroid dienone is 2. The third-order valence-electron chi connectivity index (χ3n) is 6.61. The van der Waals surface area contributed by atoms with Gasteiger partial charge in [0.25, 0.3) is 5.01 Å². The second kappa shape index (κ2) is 11.1. The van der Waals surface area contributed by atoms with Gasteiger partial charge in [0.05, 0.1) is 26.2 Å². The van der Waals surface area contributed by atoms with E-state index >= 15 is 0 Å². The fourth-order valence-electron chi connectivity index (χ4n) is 4.93. The molecule has 0 N–H and O–H groups in total. The van der Waals surface area contributed by atoms with Gasteiger partial charge in [-0.25, -0.2) is 8.42 Å². The minimum Gasteiger partial charge on any atom is -0.748 e. The molecule has 5 nitrogen and oxygen atoms in total. The molecule has 0 bridgehead atoms. The van der Waals surface area contributed by atoms with Crippen molar-refractivity contribution in [3.05, 3.63) is 95.0 Å². The van der Waals surface area contributed by atoms with Gasteiger partial charge in [0, 0.05) is 28.7 Å². The zero-order valence-corrected chi connectivity index (χ0v) is 25.6. The quantitative estimate of drug-likeness (QED) is 0.179. The number of aryl methyl sites for hydroxylation is 1. The second-order valence-corrected chi connectivity index (χ2v) is 12.6. The van der Waals surface area contributed by atoms with Crippen molar-refractivity contribution in [3.8, 4) is 0 Å². The Kier molecular flexibility index (Phi) is 8.03. The molecule has 38 heavy (non-hydrogen) atoms. The number of fused-ring (bicyclic) bond motifs is 6. The minimum atomic E-state index is -4.26. The van der Waals surface area contributed by atoms with Crippen LogP contribution in [-0.4, -0.2) is 25.3 Å². The van der Waals surface area contributed by atoms with Crippen molar-refractivity contribution in [2.45, 2.75) is 11.3 Å². The van der Waals surface area contributed by atoms with E-state index in [1.165, 1.54) is 21.0 Å². The molecule has 0 radical (unpaired) electrons. The molecule has 0 saturated carbocycles. The van der Waals surface area contributed by atoms with E-state index in [0.29, 0.717) is 6.54 Å². The van der Waals surface area contributed by atoms with Gasteiger partial charge in [-0.3, -0.25) is 0 Å². The summed E-state index contributed by atoms with van der Waals surface area (Å²) < 4.78 is 37.2. The number of thioether (sulfide) groups is 1. The van der Waals surface area contributed by atoms with Crippen molar-refractivity contribution in [2.75, 3.05) is 17.2 Å². The summed E-state index contributed by atoms with van der Waals surface area (Å²) in [6.07, 6.45) is 6.52. The van der Waals surface area contributed by atoms with E-state index in [1.807, 2.05) is 12.1 Å². The molecule has 9 heteroatoms. The first-order chi connectivity index (χ1) is 17.9. The van der Waals surface area contributed by atoms with E-state index < -0.39 is 10.1 Å². The molecule has 0 saturated heterocycles. The van der Waals surface area contributed by atoms with Gasteiger partial charge >= 0.3 is 29.6 Å². The van der Waals surface area contributed by atoms with Crippen molar-refractivity contribution in [3.63, 3.8) is 0 Å². The molecular formula is C29H24N2NaO3S3+. The molecule has 2 heterocycles. The van der Waals surface area contributed by atoms with Crippen LogP contribution in [0.5, 0.6) is 0 Å². The van der Waals surface area contributed by atoms with Crippen LogP contribution in [0.4, 0.5) is 5.69 Å². The zero-order valence-electron chi connectivity index (χ0n) is 21.1. The molecule has 6 rings (SSSR count). The van der Waals surface area contributed by atoms with Gasteiger partial charge < -0.3 is 9.45 Å². The average molecular weight is 568 g/mol. The molecule has 0 atom stereocenters. The van der Waals surface area contributed by atoms with Crippen LogP contribution in [0.25, 0.3) is 37.8 Å². The number of anilines is 1. The summed E-state index contributed by atoms with van der Waals surface area (Å²) in [5.41, 5.74) is 2.30. The number of benzene rings is 4. The van der Waals surface area contributed by atoms with Crippen LogP contribution in [0.1, 0.15) is 11.4 Å². The molecule has 1 aromatic heterocycles. The molecule has 186 valence electrons. The van der Waals surface area contributed by atoms with Crippen LogP contribution in [-0.2, 0) is 17.2 Å². The molecule has 0 unspecified atom stereocenters. The van der Waals surface area contributed by atoms with Gasteiger partial charge in [-0.2, -0.15) is 4.57 Å². The Bertz CT molecular complexity index is 1840. The van der Waals surface area contributed by atoms with E-state index in [4.69, 9.17) is 0 Å². The maximum absolute atomic E-state index is 11.3. The van der Waals surface area contributed by atoms with Crippen molar-refractivity contribution in [1.29, 1.82) is 0 Å². The average Bonchev–Trinajstić information content (AvgIpc) is 3.41. The van der Waals surface area contributed by atoms with E-state index in [9.17, 15) is 13.0 Å². The molecular weight excluding hydrogens is 544 g/mol. The SMILES string of the molecule is C[n+]1c(C=C/C=C2\Sc3ccc4ccccc4c3N2CCCS(=O)(=O)[O-])sc2ccc3ccccc3c21.[Na+]. The maximum Gasteiger partial charge on any atom is 1.00 e. The molecule has 1 aliphatic heterocycles. The first-order valence-electron chi connectivity index (χ1n) is 12.0. The molecule has 1 aliphatic rings. The molecule has 5 aromatic rings. The number of nitrogens with zero attached hydrogens (tertiary/aromatic N) is 2. The molecule has 0 spiro atoms. The van der Waals surface area contributed by atoms with Gasteiger partial charge in [-0.15, -0.1) is 0 Å². The van der Waals surface area contributed by atoms with Crippen molar-refractivity contribution >= 4 is 76.7 Å². The van der Waals surface area contributed by atoms with E-state index in [0.717, 1.165) is 31.4 Å². The van der Waals surface area contributed by atoms with E-state index in [2.05, 4.69) is 95.4 Å². The third kappa shape index (κ3) is 5.31. The van der Waals surface area contributed by atoms with E-state index in [-0.39, 0.29) is 41.7 Å².